The first-order chi connectivity index (χ1) is 33.2. The van der Waals surface area contributed by atoms with E-state index in [1.807, 2.05) is 30.3 Å². The second-order valence-corrected chi connectivity index (χ2v) is 17.7. The maximum absolute atomic E-state index is 14.4. The van der Waals surface area contributed by atoms with Gasteiger partial charge in [0, 0.05) is 31.7 Å². The van der Waals surface area contributed by atoms with Crippen LogP contribution in [0.15, 0.2) is 103 Å². The summed E-state index contributed by atoms with van der Waals surface area (Å²) in [5.74, 6) is -0.222. The van der Waals surface area contributed by atoms with Gasteiger partial charge in [0.05, 0.1) is 69.8 Å². The topological polar surface area (TPSA) is 202 Å². The summed E-state index contributed by atoms with van der Waals surface area (Å²) in [7, 11) is 2.57. The van der Waals surface area contributed by atoms with Gasteiger partial charge < -0.3 is 54.1 Å². The van der Waals surface area contributed by atoms with E-state index in [-0.39, 0.29) is 30.3 Å². The second-order valence-electron chi connectivity index (χ2n) is 17.7. The Kier molecular flexibility index (Phi) is 12.7. The number of nitrogens with zero attached hydrogens (tertiary/aromatic N) is 4. The highest BCUT2D eigenvalue weighted by Gasteiger charge is 2.53. The molecular formula is C51H54N8O9. The predicted octanol–water partition coefficient (Wildman–Crippen LogP) is 7.22. The molecule has 17 heteroatoms. The van der Waals surface area contributed by atoms with Gasteiger partial charge in [-0.3, -0.25) is 9.59 Å². The molecule has 4 aliphatic rings. The Hall–Kier alpha value is -7.08. The minimum Gasteiger partial charge on any atom is -0.453 e. The Morgan fingerprint density at radius 3 is 1.97 bits per heavy atom. The van der Waals surface area contributed by atoms with Crippen LogP contribution in [-0.2, 0) is 33.3 Å². The first kappa shape index (κ1) is 44.7. The summed E-state index contributed by atoms with van der Waals surface area (Å²) in [5, 5.41) is 7.66. The molecule has 1 spiro atoms. The van der Waals surface area contributed by atoms with Crippen molar-refractivity contribution in [2.24, 2.45) is 5.92 Å². The van der Waals surface area contributed by atoms with Gasteiger partial charge in [-0.05, 0) is 76.8 Å². The molecule has 2 aromatic heterocycles. The lowest BCUT2D eigenvalue weighted by Gasteiger charge is -2.34. The number of aromatic nitrogens is 4. The molecule has 4 fully saturated rings. The summed E-state index contributed by atoms with van der Waals surface area (Å²) in [5.41, 5.74) is 6.34. The monoisotopic (exact) mass is 922 g/mol. The van der Waals surface area contributed by atoms with Crippen molar-refractivity contribution in [3.8, 4) is 33.6 Å². The number of rotatable bonds is 11. The van der Waals surface area contributed by atoms with Crippen molar-refractivity contribution < 1.29 is 42.9 Å². The zero-order chi connectivity index (χ0) is 46.8. The number of fused-ring (bicyclic) bond motifs is 1. The maximum Gasteiger partial charge on any atom is 0.407 e. The smallest absolute Gasteiger partial charge is 0.407 e. The molecule has 0 aliphatic carbocycles. The van der Waals surface area contributed by atoms with Gasteiger partial charge in [0.25, 0.3) is 5.91 Å². The molecular weight excluding hydrogens is 869 g/mol. The van der Waals surface area contributed by atoms with Gasteiger partial charge in [0.2, 0.25) is 5.91 Å². The molecule has 352 valence electrons. The number of methoxy groups -OCH3 is 2. The molecule has 6 heterocycles. The fourth-order valence-electron chi connectivity index (χ4n) is 10.1. The van der Waals surface area contributed by atoms with E-state index in [0.29, 0.717) is 69.4 Å². The number of carbonyl (C=O) groups excluding carboxylic acids is 4. The van der Waals surface area contributed by atoms with Gasteiger partial charge in [-0.2, -0.15) is 0 Å². The SMILES string of the molecule is COC(=O)N[C@H](C(=O)N1CC2(C[C@H]1c1ncc(-c3ccc4cc(-c5ccc(-c6cnc(C7CCCN7C(=O)[C@H](NC(=O)OC)c7ccccc7)[nH]6)cc5)ccc4c3)[nH]1)OCCO2)C1CCOCC1. The number of likely N-dealkylation sites (tertiary alicyclic amines) is 2. The number of imidazole rings is 2. The normalized spacial score (nSPS) is 20.1. The summed E-state index contributed by atoms with van der Waals surface area (Å²) < 4.78 is 27.5. The molecule has 4 aliphatic heterocycles. The minimum atomic E-state index is -0.954. The zero-order valence-corrected chi connectivity index (χ0v) is 37.9. The maximum atomic E-state index is 14.4. The summed E-state index contributed by atoms with van der Waals surface area (Å²) in [6.07, 6.45) is 5.47. The van der Waals surface area contributed by atoms with E-state index >= 15 is 0 Å². The number of ether oxygens (including phenoxy) is 5. The number of hydrogen-bond acceptors (Lipinski definition) is 11. The van der Waals surface area contributed by atoms with Gasteiger partial charge >= 0.3 is 12.2 Å². The Labute approximate surface area is 392 Å². The second kappa shape index (κ2) is 19.3. The molecule has 0 bridgehead atoms. The van der Waals surface area contributed by atoms with Crippen molar-refractivity contribution in [2.75, 3.05) is 53.7 Å². The number of aromatic amines is 2. The summed E-state index contributed by atoms with van der Waals surface area (Å²) >= 11 is 0. The first-order valence-electron chi connectivity index (χ1n) is 23.1. The van der Waals surface area contributed by atoms with Crippen LogP contribution in [0.4, 0.5) is 9.59 Å². The molecule has 1 unspecified atom stereocenters. The number of hydrogen-bond donors (Lipinski definition) is 4. The third kappa shape index (κ3) is 9.03. The number of carbonyl (C=O) groups is 4. The third-order valence-electron chi connectivity index (χ3n) is 13.7. The van der Waals surface area contributed by atoms with Crippen LogP contribution in [0.2, 0.25) is 0 Å². The Balaban J connectivity index is 0.832. The quantitative estimate of drug-likeness (QED) is 0.102. The van der Waals surface area contributed by atoms with Crippen LogP contribution in [0.3, 0.4) is 0 Å². The van der Waals surface area contributed by atoms with Crippen molar-refractivity contribution in [3.63, 3.8) is 0 Å². The molecule has 17 nitrogen and oxygen atoms in total. The largest absolute Gasteiger partial charge is 0.453 e. The van der Waals surface area contributed by atoms with Gasteiger partial charge in [0.1, 0.15) is 23.7 Å². The number of benzene rings is 4. The third-order valence-corrected chi connectivity index (χ3v) is 13.7. The van der Waals surface area contributed by atoms with Crippen LogP contribution in [0.5, 0.6) is 0 Å². The Morgan fingerprint density at radius 2 is 1.28 bits per heavy atom. The number of alkyl carbamates (subject to hydrolysis) is 2. The molecule has 10 rings (SSSR count). The lowest BCUT2D eigenvalue weighted by molar-refractivity contribution is -0.154. The van der Waals surface area contributed by atoms with Crippen LogP contribution in [0.1, 0.15) is 67.4 Å². The van der Waals surface area contributed by atoms with E-state index in [0.717, 1.165) is 57.3 Å². The van der Waals surface area contributed by atoms with E-state index in [9.17, 15) is 19.2 Å². The van der Waals surface area contributed by atoms with Crippen molar-refractivity contribution in [3.05, 3.63) is 121 Å². The average molecular weight is 923 g/mol. The van der Waals surface area contributed by atoms with Crippen LogP contribution in [0, 0.1) is 5.92 Å². The molecule has 4 saturated heterocycles. The standard InChI is InChI=1S/C51H54N8O9/c1-64-49(62)56-43(33-7-4-3-5-8-33)47(60)58-20-6-9-41(58)45-52-28-39(54-45)32-12-10-31(11-13-32)35-14-15-37-26-38(17-16-36(37)25-35)40-29-53-46(55-40)42-27-51(67-23-24-68-51)30-59(42)48(61)44(57-50(63)65-2)34-18-21-66-22-19-34/h3-5,7-8,10-17,25-26,28-29,34,41-44H,6,9,18-24,27,30H2,1-2H3,(H,52,54)(H,53,55)(H,56,62)(H,57,63)/t41?,42-,43+,44-/m0/s1. The fourth-order valence-corrected chi connectivity index (χ4v) is 10.1. The van der Waals surface area contributed by atoms with Gasteiger partial charge in [-0.25, -0.2) is 19.6 Å². The highest BCUT2D eigenvalue weighted by molar-refractivity contribution is 5.91. The first-order valence-corrected chi connectivity index (χ1v) is 23.1. The zero-order valence-electron chi connectivity index (χ0n) is 37.9. The molecule has 4 atom stereocenters. The number of H-pyrrole nitrogens is 2. The number of nitrogens with one attached hydrogen (secondary N) is 4. The van der Waals surface area contributed by atoms with E-state index < -0.39 is 36.1 Å². The van der Waals surface area contributed by atoms with Crippen molar-refractivity contribution in [1.82, 2.24) is 40.4 Å². The Bertz CT molecular complexity index is 2780. The van der Waals surface area contributed by atoms with E-state index in [2.05, 4.69) is 81.3 Å². The summed E-state index contributed by atoms with van der Waals surface area (Å²) in [6.45, 7) is 2.64. The van der Waals surface area contributed by atoms with Gasteiger partial charge in [-0.15, -0.1) is 0 Å². The van der Waals surface area contributed by atoms with Crippen LogP contribution in [-0.4, -0.2) is 119 Å². The molecule has 4 amide bonds. The van der Waals surface area contributed by atoms with Crippen molar-refractivity contribution in [2.45, 2.75) is 62.1 Å². The highest BCUT2D eigenvalue weighted by Crippen LogP contribution is 2.43. The van der Waals surface area contributed by atoms with Crippen LogP contribution < -0.4 is 10.6 Å². The molecule has 0 saturated carbocycles. The molecule has 4 aromatic carbocycles. The van der Waals surface area contributed by atoms with E-state index in [4.69, 9.17) is 33.7 Å². The fraction of sp³-hybridized carbons (Fsp3) is 0.373. The minimum absolute atomic E-state index is 0.117. The van der Waals surface area contributed by atoms with Gasteiger partial charge in [-0.1, -0.05) is 78.9 Å². The number of amides is 4. The summed E-state index contributed by atoms with van der Waals surface area (Å²) in [4.78, 5) is 73.2. The Morgan fingerprint density at radius 1 is 0.676 bits per heavy atom. The van der Waals surface area contributed by atoms with Crippen LogP contribution in [0.25, 0.3) is 44.4 Å². The lowest BCUT2D eigenvalue weighted by Crippen LogP contribution is -2.54. The lowest BCUT2D eigenvalue weighted by atomic mass is 9.90. The van der Waals surface area contributed by atoms with Gasteiger partial charge in [0.15, 0.2) is 5.79 Å². The van der Waals surface area contributed by atoms with E-state index in [1.54, 1.807) is 22.2 Å². The van der Waals surface area contributed by atoms with Crippen molar-refractivity contribution >= 4 is 34.8 Å². The van der Waals surface area contributed by atoms with E-state index in [1.165, 1.54) is 14.2 Å². The average Bonchev–Trinajstić information content (AvgIpc) is 4.26. The van der Waals surface area contributed by atoms with Crippen molar-refractivity contribution in [1.29, 1.82) is 0 Å². The molecule has 4 N–H and O–H groups in total. The summed E-state index contributed by atoms with van der Waals surface area (Å²) in [6, 6.07) is 27.7. The highest BCUT2D eigenvalue weighted by atomic mass is 16.7. The molecule has 6 aromatic rings. The van der Waals surface area contributed by atoms with Crippen LogP contribution >= 0.6 is 0 Å². The predicted molar refractivity (Wildman–Crippen MR) is 250 cm³/mol. The molecule has 0 radical (unpaired) electrons. The molecule has 68 heavy (non-hydrogen) atoms.